The highest BCUT2D eigenvalue weighted by Crippen LogP contribution is 2.15. The maximum Gasteiger partial charge on any atom is 0.261 e. The topological polar surface area (TPSA) is 58.6 Å². The molecule has 2 rings (SSSR count). The summed E-state index contributed by atoms with van der Waals surface area (Å²) in [7, 11) is 0. The maximum atomic E-state index is 12.8. The molecule has 27 heavy (non-hydrogen) atoms. The van der Waals surface area contributed by atoms with Crippen molar-refractivity contribution in [3.05, 3.63) is 65.2 Å². The molecular formula is C21H25ClN2O3. The van der Waals surface area contributed by atoms with E-state index in [0.717, 1.165) is 12.0 Å². The fourth-order valence-electron chi connectivity index (χ4n) is 2.51. The number of carbonyl (C=O) groups excluding carboxylic acids is 2. The molecule has 0 aliphatic rings. The van der Waals surface area contributed by atoms with E-state index in [1.165, 1.54) is 4.90 Å². The first kappa shape index (κ1) is 20.8. The molecule has 0 heterocycles. The molecule has 0 saturated carbocycles. The van der Waals surface area contributed by atoms with Gasteiger partial charge in [-0.3, -0.25) is 9.59 Å². The molecule has 0 fully saturated rings. The minimum Gasteiger partial charge on any atom is -0.484 e. The number of halogens is 1. The maximum absolute atomic E-state index is 12.8. The van der Waals surface area contributed by atoms with Crippen LogP contribution in [0.4, 0.5) is 0 Å². The van der Waals surface area contributed by atoms with Gasteiger partial charge in [0.2, 0.25) is 5.91 Å². The second-order valence-electron chi connectivity index (χ2n) is 6.22. The van der Waals surface area contributed by atoms with E-state index in [2.05, 4.69) is 5.32 Å². The standard InChI is InChI=1S/C21H25ClN2O3/c1-3-13-23-21(26)16(2)24(14-17-9-11-18(22)12-10-17)20(25)15-27-19-7-5-4-6-8-19/h4-12,16H,3,13-15H2,1-2H3,(H,23,26). The van der Waals surface area contributed by atoms with Crippen LogP contribution in [0.25, 0.3) is 0 Å². The molecular weight excluding hydrogens is 364 g/mol. The number of rotatable bonds is 9. The average Bonchev–Trinajstić information content (AvgIpc) is 2.70. The number of hydrogen-bond acceptors (Lipinski definition) is 3. The molecule has 2 amide bonds. The summed E-state index contributed by atoms with van der Waals surface area (Å²) in [6.07, 6.45) is 0.834. The van der Waals surface area contributed by atoms with Crippen molar-refractivity contribution in [3.63, 3.8) is 0 Å². The van der Waals surface area contributed by atoms with Crippen LogP contribution in [0.3, 0.4) is 0 Å². The molecule has 6 heteroatoms. The monoisotopic (exact) mass is 388 g/mol. The Hall–Kier alpha value is -2.53. The van der Waals surface area contributed by atoms with Crippen LogP contribution in [0.2, 0.25) is 5.02 Å². The van der Waals surface area contributed by atoms with Crippen molar-refractivity contribution in [2.24, 2.45) is 0 Å². The lowest BCUT2D eigenvalue weighted by Gasteiger charge is -2.28. The fourth-order valence-corrected chi connectivity index (χ4v) is 2.64. The minimum absolute atomic E-state index is 0.136. The van der Waals surface area contributed by atoms with Gasteiger partial charge in [-0.1, -0.05) is 48.9 Å². The first-order valence-electron chi connectivity index (χ1n) is 9.00. The number of hydrogen-bond donors (Lipinski definition) is 1. The van der Waals surface area contributed by atoms with Gasteiger partial charge in [-0.15, -0.1) is 0 Å². The van der Waals surface area contributed by atoms with Crippen LogP contribution >= 0.6 is 11.6 Å². The van der Waals surface area contributed by atoms with Gasteiger partial charge in [0.15, 0.2) is 6.61 Å². The van der Waals surface area contributed by atoms with Crippen molar-refractivity contribution in [2.75, 3.05) is 13.2 Å². The van der Waals surface area contributed by atoms with E-state index < -0.39 is 6.04 Å². The fraction of sp³-hybridized carbons (Fsp3) is 0.333. The van der Waals surface area contributed by atoms with Gasteiger partial charge in [0.05, 0.1) is 0 Å². The minimum atomic E-state index is -0.612. The van der Waals surface area contributed by atoms with Gasteiger partial charge in [-0.2, -0.15) is 0 Å². The Balaban J connectivity index is 2.10. The summed E-state index contributed by atoms with van der Waals surface area (Å²) < 4.78 is 5.57. The summed E-state index contributed by atoms with van der Waals surface area (Å²) in [6.45, 7) is 4.45. The molecule has 2 aromatic carbocycles. The second-order valence-corrected chi connectivity index (χ2v) is 6.65. The Morgan fingerprint density at radius 1 is 1.11 bits per heavy atom. The third-order valence-corrected chi connectivity index (χ3v) is 4.34. The van der Waals surface area contributed by atoms with E-state index in [9.17, 15) is 9.59 Å². The zero-order chi connectivity index (χ0) is 19.6. The second kappa shape index (κ2) is 10.6. The largest absolute Gasteiger partial charge is 0.484 e. The molecule has 144 valence electrons. The van der Waals surface area contributed by atoms with E-state index in [4.69, 9.17) is 16.3 Å². The quantitative estimate of drug-likeness (QED) is 0.713. The molecule has 5 nitrogen and oxygen atoms in total. The number of nitrogens with zero attached hydrogens (tertiary/aromatic N) is 1. The Kier molecular flexibility index (Phi) is 8.14. The summed E-state index contributed by atoms with van der Waals surface area (Å²) in [5.74, 6) is 0.173. The lowest BCUT2D eigenvalue weighted by atomic mass is 10.1. The van der Waals surface area contributed by atoms with Gasteiger partial charge < -0.3 is 15.0 Å². The molecule has 0 aromatic heterocycles. The molecule has 1 unspecified atom stereocenters. The van der Waals surface area contributed by atoms with E-state index in [0.29, 0.717) is 23.9 Å². The molecule has 1 N–H and O–H groups in total. The number of ether oxygens (including phenoxy) is 1. The molecule has 0 radical (unpaired) electrons. The lowest BCUT2D eigenvalue weighted by Crippen LogP contribution is -2.49. The third kappa shape index (κ3) is 6.61. The van der Waals surface area contributed by atoms with E-state index in [1.54, 1.807) is 31.2 Å². The van der Waals surface area contributed by atoms with E-state index in [1.807, 2.05) is 37.3 Å². The number of amides is 2. The highest BCUT2D eigenvalue weighted by atomic mass is 35.5. The Morgan fingerprint density at radius 2 is 1.78 bits per heavy atom. The van der Waals surface area contributed by atoms with Crippen molar-refractivity contribution < 1.29 is 14.3 Å². The Labute approximate surface area is 165 Å². The zero-order valence-corrected chi connectivity index (χ0v) is 16.4. The highest BCUT2D eigenvalue weighted by molar-refractivity contribution is 6.30. The van der Waals surface area contributed by atoms with E-state index in [-0.39, 0.29) is 18.4 Å². The molecule has 0 bridgehead atoms. The highest BCUT2D eigenvalue weighted by Gasteiger charge is 2.26. The predicted molar refractivity (Wildman–Crippen MR) is 107 cm³/mol. The van der Waals surface area contributed by atoms with Crippen molar-refractivity contribution in [2.45, 2.75) is 32.9 Å². The molecule has 0 spiro atoms. The van der Waals surface area contributed by atoms with Crippen LogP contribution in [0.15, 0.2) is 54.6 Å². The number of benzene rings is 2. The summed E-state index contributed by atoms with van der Waals surface area (Å²) >= 11 is 5.93. The number of nitrogens with one attached hydrogen (secondary N) is 1. The number of carbonyl (C=O) groups is 2. The zero-order valence-electron chi connectivity index (χ0n) is 15.7. The summed E-state index contributed by atoms with van der Waals surface area (Å²) in [6, 6.07) is 15.7. The molecule has 0 aliphatic carbocycles. The number of para-hydroxylation sites is 1. The summed E-state index contributed by atoms with van der Waals surface area (Å²) in [5, 5.41) is 3.46. The first-order chi connectivity index (χ1) is 13.0. The van der Waals surface area contributed by atoms with Gasteiger partial charge in [0.25, 0.3) is 5.91 Å². The average molecular weight is 389 g/mol. The van der Waals surface area contributed by atoms with Crippen LogP contribution in [0, 0.1) is 0 Å². The SMILES string of the molecule is CCCNC(=O)C(C)N(Cc1ccc(Cl)cc1)C(=O)COc1ccccc1. The molecule has 2 aromatic rings. The predicted octanol–water partition coefficient (Wildman–Crippen LogP) is 3.66. The van der Waals surface area contributed by atoms with E-state index >= 15 is 0 Å². The van der Waals surface area contributed by atoms with Crippen LogP contribution in [-0.4, -0.2) is 35.9 Å². The van der Waals surface area contributed by atoms with Crippen LogP contribution in [0.5, 0.6) is 5.75 Å². The van der Waals surface area contributed by atoms with Crippen LogP contribution in [0.1, 0.15) is 25.8 Å². The van der Waals surface area contributed by atoms with Gasteiger partial charge in [-0.25, -0.2) is 0 Å². The third-order valence-electron chi connectivity index (χ3n) is 4.09. The van der Waals surface area contributed by atoms with Crippen molar-refractivity contribution in [3.8, 4) is 5.75 Å². The molecule has 0 saturated heterocycles. The lowest BCUT2D eigenvalue weighted by molar-refractivity contribution is -0.142. The normalized spacial score (nSPS) is 11.5. The van der Waals surface area contributed by atoms with Crippen LogP contribution < -0.4 is 10.1 Å². The Bertz CT molecular complexity index is 735. The van der Waals surface area contributed by atoms with Crippen molar-refractivity contribution in [1.29, 1.82) is 0 Å². The molecule has 1 atom stereocenters. The Morgan fingerprint density at radius 3 is 2.41 bits per heavy atom. The smallest absolute Gasteiger partial charge is 0.261 e. The van der Waals surface area contributed by atoms with Crippen molar-refractivity contribution >= 4 is 23.4 Å². The van der Waals surface area contributed by atoms with Gasteiger partial charge in [0, 0.05) is 18.1 Å². The van der Waals surface area contributed by atoms with Gasteiger partial charge in [0.1, 0.15) is 11.8 Å². The molecule has 0 aliphatic heterocycles. The summed E-state index contributed by atoms with van der Waals surface area (Å²) in [4.78, 5) is 26.7. The van der Waals surface area contributed by atoms with Gasteiger partial charge in [-0.05, 0) is 43.2 Å². The summed E-state index contributed by atoms with van der Waals surface area (Å²) in [5.41, 5.74) is 0.891. The van der Waals surface area contributed by atoms with Gasteiger partial charge >= 0.3 is 0 Å². The van der Waals surface area contributed by atoms with Crippen LogP contribution in [-0.2, 0) is 16.1 Å². The van der Waals surface area contributed by atoms with Crippen molar-refractivity contribution in [1.82, 2.24) is 10.2 Å². The first-order valence-corrected chi connectivity index (χ1v) is 9.38.